The summed E-state index contributed by atoms with van der Waals surface area (Å²) in [6.45, 7) is 2.91. The van der Waals surface area contributed by atoms with Gasteiger partial charge in [0, 0.05) is 50.1 Å². The Kier molecular flexibility index (Phi) is 4.68. The molecule has 1 aliphatic heterocycles. The minimum Gasteiger partial charge on any atom is -0.342 e. The summed E-state index contributed by atoms with van der Waals surface area (Å²) < 4.78 is 0. The van der Waals surface area contributed by atoms with Gasteiger partial charge in [-0.25, -0.2) is 4.98 Å². The first-order chi connectivity index (χ1) is 9.81. The van der Waals surface area contributed by atoms with E-state index in [9.17, 15) is 4.79 Å². The third-order valence-electron chi connectivity index (χ3n) is 4.24. The zero-order valence-electron chi connectivity index (χ0n) is 11.9. The van der Waals surface area contributed by atoms with Gasteiger partial charge in [-0.1, -0.05) is 0 Å². The van der Waals surface area contributed by atoms with Crippen molar-refractivity contribution in [1.29, 1.82) is 0 Å². The molecule has 1 aliphatic carbocycles. The van der Waals surface area contributed by atoms with Crippen molar-refractivity contribution in [3.63, 3.8) is 0 Å². The number of nitrogens with one attached hydrogen (secondary N) is 1. The number of aromatic nitrogens is 1. The van der Waals surface area contributed by atoms with Gasteiger partial charge in [-0.05, 0) is 31.6 Å². The fourth-order valence-electron chi connectivity index (χ4n) is 2.81. The second-order valence-electron chi connectivity index (χ2n) is 5.94. The predicted molar refractivity (Wildman–Crippen MR) is 80.8 cm³/mol. The number of carbonyl (C=O) groups excluding carboxylic acids is 1. The van der Waals surface area contributed by atoms with Gasteiger partial charge in [0.25, 0.3) is 0 Å². The average Bonchev–Trinajstić information content (AvgIpc) is 3.15. The maximum absolute atomic E-state index is 12.1. The van der Waals surface area contributed by atoms with Gasteiger partial charge in [-0.3, -0.25) is 4.79 Å². The van der Waals surface area contributed by atoms with Crippen molar-refractivity contribution in [1.82, 2.24) is 15.2 Å². The van der Waals surface area contributed by atoms with Crippen LogP contribution in [0.25, 0.3) is 0 Å². The fraction of sp³-hybridized carbons (Fsp3) is 0.733. The molecule has 20 heavy (non-hydrogen) atoms. The largest absolute Gasteiger partial charge is 0.342 e. The first-order valence-corrected chi connectivity index (χ1v) is 8.59. The number of carbonyl (C=O) groups is 1. The molecule has 0 bridgehead atoms. The van der Waals surface area contributed by atoms with Crippen LogP contribution in [0.15, 0.2) is 11.6 Å². The molecule has 110 valence electrons. The van der Waals surface area contributed by atoms with Gasteiger partial charge >= 0.3 is 0 Å². The van der Waals surface area contributed by atoms with E-state index in [2.05, 4.69) is 15.2 Å². The Balaban J connectivity index is 1.40. The van der Waals surface area contributed by atoms with E-state index in [-0.39, 0.29) is 0 Å². The summed E-state index contributed by atoms with van der Waals surface area (Å²) in [6, 6.07) is 0.489. The van der Waals surface area contributed by atoms with Crippen molar-refractivity contribution >= 4 is 17.2 Å². The quantitative estimate of drug-likeness (QED) is 0.873. The van der Waals surface area contributed by atoms with Crippen LogP contribution in [0.4, 0.5) is 0 Å². The predicted octanol–water partition coefficient (Wildman–Crippen LogP) is 2.07. The van der Waals surface area contributed by atoms with Crippen molar-refractivity contribution in [2.45, 2.75) is 44.6 Å². The smallest absolute Gasteiger partial charge is 0.222 e. The zero-order chi connectivity index (χ0) is 13.8. The van der Waals surface area contributed by atoms with Gasteiger partial charge in [-0.2, -0.15) is 0 Å². The van der Waals surface area contributed by atoms with E-state index in [0.29, 0.717) is 18.4 Å². The number of thiazole rings is 1. The van der Waals surface area contributed by atoms with Crippen molar-refractivity contribution < 1.29 is 4.79 Å². The highest BCUT2D eigenvalue weighted by molar-refractivity contribution is 7.09. The van der Waals surface area contributed by atoms with E-state index in [4.69, 9.17) is 0 Å². The molecule has 1 atom stereocenters. The monoisotopic (exact) mass is 293 g/mol. The Morgan fingerprint density at radius 3 is 3.00 bits per heavy atom. The van der Waals surface area contributed by atoms with Crippen LogP contribution in [0.3, 0.4) is 0 Å². The van der Waals surface area contributed by atoms with E-state index in [1.165, 1.54) is 17.8 Å². The molecule has 5 heteroatoms. The topological polar surface area (TPSA) is 45.2 Å². The highest BCUT2D eigenvalue weighted by Gasteiger charge is 2.28. The molecule has 4 nitrogen and oxygen atoms in total. The molecule has 2 aliphatic rings. The first kappa shape index (κ1) is 14.0. The van der Waals surface area contributed by atoms with Crippen molar-refractivity contribution in [3.8, 4) is 0 Å². The Morgan fingerprint density at radius 2 is 2.25 bits per heavy atom. The van der Waals surface area contributed by atoms with Crippen LogP contribution in [0.1, 0.15) is 37.1 Å². The van der Waals surface area contributed by atoms with Crippen LogP contribution in [0.5, 0.6) is 0 Å². The molecule has 1 aromatic rings. The van der Waals surface area contributed by atoms with E-state index in [1.54, 1.807) is 11.3 Å². The Bertz CT molecular complexity index is 430. The van der Waals surface area contributed by atoms with Crippen molar-refractivity contribution in [2.75, 3.05) is 19.6 Å². The summed E-state index contributed by atoms with van der Waals surface area (Å²) in [5.41, 5.74) is 0. The molecular formula is C15H23N3OS. The van der Waals surface area contributed by atoms with Crippen LogP contribution in [0, 0.1) is 5.92 Å². The maximum atomic E-state index is 12.1. The second-order valence-corrected chi connectivity index (χ2v) is 6.92. The molecule has 1 saturated heterocycles. The average molecular weight is 293 g/mol. The summed E-state index contributed by atoms with van der Waals surface area (Å²) in [5.74, 6) is 1.16. The molecular weight excluding hydrogens is 270 g/mol. The van der Waals surface area contributed by atoms with Crippen LogP contribution in [-0.2, 0) is 11.2 Å². The minimum absolute atomic E-state index is 0.362. The molecule has 1 N–H and O–H groups in total. The molecule has 3 rings (SSSR count). The molecule has 1 amide bonds. The van der Waals surface area contributed by atoms with Crippen molar-refractivity contribution in [3.05, 3.63) is 16.6 Å². The molecule has 2 fully saturated rings. The van der Waals surface area contributed by atoms with Crippen LogP contribution >= 0.6 is 11.3 Å². The standard InChI is InChI=1S/C15H23N3OS/c19-15-4-3-13(6-9-18(15)11-12-1-2-12)16-7-5-14-17-8-10-20-14/h8,10,12-13,16H,1-7,9,11H2. The lowest BCUT2D eigenvalue weighted by Gasteiger charge is -2.20. The Hall–Kier alpha value is -0.940. The van der Waals surface area contributed by atoms with E-state index in [1.807, 2.05) is 11.6 Å². The lowest BCUT2D eigenvalue weighted by atomic mass is 10.1. The summed E-state index contributed by atoms with van der Waals surface area (Å²) in [5, 5.41) is 6.81. The second kappa shape index (κ2) is 6.68. The number of nitrogens with zero attached hydrogens (tertiary/aromatic N) is 2. The molecule has 0 radical (unpaired) electrons. The van der Waals surface area contributed by atoms with Gasteiger partial charge in [-0.15, -0.1) is 11.3 Å². The summed E-state index contributed by atoms with van der Waals surface area (Å²) in [6.07, 6.45) is 8.28. The number of rotatable bonds is 6. The Morgan fingerprint density at radius 1 is 1.35 bits per heavy atom. The summed E-state index contributed by atoms with van der Waals surface area (Å²) in [7, 11) is 0. The number of hydrogen-bond acceptors (Lipinski definition) is 4. The highest BCUT2D eigenvalue weighted by Crippen LogP contribution is 2.30. The molecule has 0 aromatic carbocycles. The number of amides is 1. The van der Waals surface area contributed by atoms with Crippen LogP contribution < -0.4 is 5.32 Å². The summed E-state index contributed by atoms with van der Waals surface area (Å²) >= 11 is 1.71. The van der Waals surface area contributed by atoms with Gasteiger partial charge in [0.1, 0.15) is 0 Å². The van der Waals surface area contributed by atoms with Crippen LogP contribution in [-0.4, -0.2) is 41.5 Å². The third-order valence-corrected chi connectivity index (χ3v) is 5.08. The van der Waals surface area contributed by atoms with E-state index >= 15 is 0 Å². The lowest BCUT2D eigenvalue weighted by Crippen LogP contribution is -2.34. The van der Waals surface area contributed by atoms with Gasteiger partial charge < -0.3 is 10.2 Å². The third kappa shape index (κ3) is 4.03. The zero-order valence-corrected chi connectivity index (χ0v) is 12.7. The van der Waals surface area contributed by atoms with Gasteiger partial charge in [0.05, 0.1) is 5.01 Å². The van der Waals surface area contributed by atoms with E-state index in [0.717, 1.165) is 44.8 Å². The van der Waals surface area contributed by atoms with Gasteiger partial charge in [0.2, 0.25) is 5.91 Å². The molecule has 0 spiro atoms. The SMILES string of the molecule is O=C1CCC(NCCc2nccs2)CCN1CC1CC1. The number of likely N-dealkylation sites (tertiary alicyclic amines) is 1. The molecule has 1 unspecified atom stereocenters. The van der Waals surface area contributed by atoms with Crippen molar-refractivity contribution in [2.24, 2.45) is 5.92 Å². The molecule has 2 heterocycles. The summed E-state index contributed by atoms with van der Waals surface area (Å²) in [4.78, 5) is 18.5. The normalized spacial score (nSPS) is 23.9. The Labute approximate surface area is 124 Å². The van der Waals surface area contributed by atoms with Gasteiger partial charge in [0.15, 0.2) is 0 Å². The number of hydrogen-bond donors (Lipinski definition) is 1. The minimum atomic E-state index is 0.362. The highest BCUT2D eigenvalue weighted by atomic mass is 32.1. The maximum Gasteiger partial charge on any atom is 0.222 e. The first-order valence-electron chi connectivity index (χ1n) is 7.71. The fourth-order valence-corrected chi connectivity index (χ4v) is 3.43. The van der Waals surface area contributed by atoms with Crippen LogP contribution in [0.2, 0.25) is 0 Å². The lowest BCUT2D eigenvalue weighted by molar-refractivity contribution is -0.130. The van der Waals surface area contributed by atoms with E-state index < -0.39 is 0 Å². The molecule has 1 aromatic heterocycles. The molecule has 1 saturated carbocycles.